The second kappa shape index (κ2) is 13.7. The summed E-state index contributed by atoms with van der Waals surface area (Å²) in [4.78, 5) is 8.36. The summed E-state index contributed by atoms with van der Waals surface area (Å²) in [6.07, 6.45) is 0. The average Bonchev–Trinajstić information content (AvgIpc) is 3.41. The van der Waals surface area contributed by atoms with Crippen molar-refractivity contribution in [2.75, 3.05) is 52.1 Å². The first kappa shape index (κ1) is 28.0. The number of halogens is 2. The Bertz CT molecular complexity index is 1270. The fraction of sp³-hybridized carbons (Fsp3) is 0.310. The average molecular weight is 583 g/mol. The standard InChI is InChI=1S/C29H32ClFN6S2/c1-35-16-18-36(19-17-35)38-20-15-32-29(34-39-26-13-9-24(30)10-14-26)37-21-27(22-5-3-2-4-6-22)28(33-37)23-7-11-25(31)12-8-23/h2-14,27H,15-21H2,1H3,(H,32,34). The fourth-order valence-electron chi connectivity index (χ4n) is 4.47. The summed E-state index contributed by atoms with van der Waals surface area (Å²) in [6, 6.07) is 24.6. The maximum Gasteiger partial charge on any atom is 0.225 e. The summed E-state index contributed by atoms with van der Waals surface area (Å²) in [7, 11) is 2.17. The van der Waals surface area contributed by atoms with E-state index in [4.69, 9.17) is 21.7 Å². The second-order valence-corrected chi connectivity index (χ2v) is 12.0. The van der Waals surface area contributed by atoms with E-state index in [0.29, 0.717) is 24.1 Å². The fourth-order valence-corrected chi connectivity index (χ4v) is 6.10. The molecule has 2 heterocycles. The Morgan fingerprint density at radius 1 is 1.00 bits per heavy atom. The molecule has 2 aliphatic heterocycles. The Kier molecular flexibility index (Phi) is 9.81. The Morgan fingerprint density at radius 2 is 1.72 bits per heavy atom. The largest absolute Gasteiger partial charge is 0.304 e. The molecule has 2 aliphatic rings. The zero-order valence-corrected chi connectivity index (χ0v) is 24.2. The van der Waals surface area contributed by atoms with Gasteiger partial charge >= 0.3 is 0 Å². The van der Waals surface area contributed by atoms with Crippen LogP contribution in [0.1, 0.15) is 17.0 Å². The molecule has 0 aliphatic carbocycles. The molecule has 1 fully saturated rings. The Morgan fingerprint density at radius 3 is 2.44 bits per heavy atom. The van der Waals surface area contributed by atoms with Crippen LogP contribution in [-0.4, -0.2) is 78.0 Å². The summed E-state index contributed by atoms with van der Waals surface area (Å²) < 4.78 is 19.6. The van der Waals surface area contributed by atoms with E-state index in [0.717, 1.165) is 48.1 Å². The zero-order chi connectivity index (χ0) is 27.0. The normalized spacial score (nSPS) is 18.8. The number of rotatable bonds is 8. The number of guanidine groups is 1. The van der Waals surface area contributed by atoms with Crippen LogP contribution in [0.25, 0.3) is 0 Å². The lowest BCUT2D eigenvalue weighted by Gasteiger charge is -2.31. The second-order valence-electron chi connectivity index (χ2n) is 9.47. The number of hydrazone groups is 1. The molecule has 0 spiro atoms. The molecule has 1 N–H and O–H groups in total. The smallest absolute Gasteiger partial charge is 0.225 e. The van der Waals surface area contributed by atoms with Crippen molar-refractivity contribution in [1.82, 2.24) is 18.9 Å². The first-order valence-electron chi connectivity index (χ1n) is 13.0. The molecular formula is C29H32ClFN6S2. The van der Waals surface area contributed by atoms with Crippen molar-refractivity contribution in [3.8, 4) is 0 Å². The third-order valence-electron chi connectivity index (χ3n) is 6.66. The van der Waals surface area contributed by atoms with Crippen LogP contribution in [0.2, 0.25) is 5.02 Å². The van der Waals surface area contributed by atoms with Crippen LogP contribution < -0.4 is 4.72 Å². The molecule has 0 radical (unpaired) electrons. The van der Waals surface area contributed by atoms with E-state index in [2.05, 4.69) is 33.1 Å². The van der Waals surface area contributed by atoms with Crippen LogP contribution in [0.15, 0.2) is 93.9 Å². The molecule has 1 unspecified atom stereocenters. The minimum absolute atomic E-state index is 0.0314. The molecule has 39 heavy (non-hydrogen) atoms. The van der Waals surface area contributed by atoms with Gasteiger partial charge in [-0.2, -0.15) is 5.10 Å². The van der Waals surface area contributed by atoms with Crippen molar-refractivity contribution >= 4 is 47.2 Å². The number of hydrogen-bond acceptors (Lipinski definition) is 6. The minimum Gasteiger partial charge on any atom is -0.304 e. The van der Waals surface area contributed by atoms with Crippen molar-refractivity contribution in [2.45, 2.75) is 10.8 Å². The molecule has 1 atom stereocenters. The van der Waals surface area contributed by atoms with E-state index >= 15 is 0 Å². The SMILES string of the molecule is CN1CCN(SCCN=C(NSc2ccc(Cl)cc2)N2CC(c3ccccc3)C(c3ccc(F)cc3)=N2)CC1. The third-order valence-corrected chi connectivity index (χ3v) is 8.80. The van der Waals surface area contributed by atoms with Crippen molar-refractivity contribution in [2.24, 2.45) is 10.1 Å². The summed E-state index contributed by atoms with van der Waals surface area (Å²) in [5.41, 5.74) is 2.97. The van der Waals surface area contributed by atoms with Gasteiger partial charge in [0.2, 0.25) is 5.96 Å². The molecule has 10 heteroatoms. The van der Waals surface area contributed by atoms with Crippen LogP contribution in [0.4, 0.5) is 4.39 Å². The van der Waals surface area contributed by atoms with E-state index < -0.39 is 0 Å². The Balaban J connectivity index is 1.35. The number of nitrogens with zero attached hydrogens (tertiary/aromatic N) is 5. The van der Waals surface area contributed by atoms with E-state index in [1.54, 1.807) is 12.1 Å². The van der Waals surface area contributed by atoms with Gasteiger partial charge in [0.25, 0.3) is 0 Å². The molecule has 0 saturated carbocycles. The number of likely N-dealkylation sites (N-methyl/N-ethyl adjacent to an activating group) is 1. The van der Waals surface area contributed by atoms with E-state index in [1.165, 1.54) is 29.6 Å². The summed E-state index contributed by atoms with van der Waals surface area (Å²) in [6.45, 7) is 5.62. The van der Waals surface area contributed by atoms with Crippen LogP contribution in [0.5, 0.6) is 0 Å². The van der Waals surface area contributed by atoms with Crippen molar-refractivity contribution in [3.63, 3.8) is 0 Å². The molecule has 0 amide bonds. The lowest BCUT2D eigenvalue weighted by Crippen LogP contribution is -2.41. The topological polar surface area (TPSA) is 46.5 Å². The van der Waals surface area contributed by atoms with Crippen LogP contribution in [-0.2, 0) is 0 Å². The van der Waals surface area contributed by atoms with Gasteiger partial charge in [-0.3, -0.25) is 4.72 Å². The van der Waals surface area contributed by atoms with Gasteiger partial charge in [0.1, 0.15) is 5.82 Å². The van der Waals surface area contributed by atoms with Gasteiger partial charge in [0, 0.05) is 47.8 Å². The van der Waals surface area contributed by atoms with Gasteiger partial charge < -0.3 is 4.90 Å². The maximum absolute atomic E-state index is 13.7. The summed E-state index contributed by atoms with van der Waals surface area (Å²) in [5.74, 6) is 1.37. The van der Waals surface area contributed by atoms with Gasteiger partial charge in [-0.15, -0.1) is 0 Å². The molecule has 6 nitrogen and oxygen atoms in total. The van der Waals surface area contributed by atoms with Crippen molar-refractivity contribution in [1.29, 1.82) is 0 Å². The quantitative estimate of drug-likeness (QED) is 0.156. The van der Waals surface area contributed by atoms with Crippen LogP contribution in [0.3, 0.4) is 0 Å². The highest BCUT2D eigenvalue weighted by Crippen LogP contribution is 2.29. The molecule has 0 bridgehead atoms. The predicted molar refractivity (Wildman–Crippen MR) is 163 cm³/mol. The first-order chi connectivity index (χ1) is 19.0. The molecule has 3 aromatic carbocycles. The molecule has 204 valence electrons. The van der Waals surface area contributed by atoms with Crippen molar-refractivity contribution in [3.05, 3.63) is 101 Å². The Hall–Kier alpha value is -2.56. The van der Waals surface area contributed by atoms with Crippen LogP contribution >= 0.6 is 35.5 Å². The molecule has 3 aromatic rings. The van der Waals surface area contributed by atoms with Gasteiger partial charge in [-0.25, -0.2) is 18.7 Å². The molecular weight excluding hydrogens is 551 g/mol. The first-order valence-corrected chi connectivity index (χ1v) is 15.1. The van der Waals surface area contributed by atoms with E-state index in [-0.39, 0.29) is 11.7 Å². The highest BCUT2D eigenvalue weighted by atomic mass is 35.5. The van der Waals surface area contributed by atoms with Gasteiger partial charge in [-0.05, 0) is 66.5 Å². The molecule has 0 aromatic heterocycles. The van der Waals surface area contributed by atoms with Crippen molar-refractivity contribution < 1.29 is 4.39 Å². The van der Waals surface area contributed by atoms with Gasteiger partial charge in [-0.1, -0.05) is 66.0 Å². The van der Waals surface area contributed by atoms with E-state index in [9.17, 15) is 4.39 Å². The van der Waals surface area contributed by atoms with E-state index in [1.807, 2.05) is 59.4 Å². The lowest BCUT2D eigenvalue weighted by atomic mass is 9.91. The minimum atomic E-state index is -0.258. The predicted octanol–water partition coefficient (Wildman–Crippen LogP) is 5.83. The summed E-state index contributed by atoms with van der Waals surface area (Å²) >= 11 is 9.42. The molecule has 1 saturated heterocycles. The highest BCUT2D eigenvalue weighted by Gasteiger charge is 2.31. The number of hydrogen-bond donors (Lipinski definition) is 1. The number of benzene rings is 3. The number of piperazine rings is 1. The maximum atomic E-state index is 13.7. The summed E-state index contributed by atoms with van der Waals surface area (Å²) in [5, 5.41) is 7.67. The zero-order valence-electron chi connectivity index (χ0n) is 21.8. The Labute approximate surface area is 243 Å². The van der Waals surface area contributed by atoms with Gasteiger partial charge in [0.15, 0.2) is 0 Å². The third kappa shape index (κ3) is 7.77. The van der Waals surface area contributed by atoms with Gasteiger partial charge in [0.05, 0.1) is 18.8 Å². The number of nitrogens with one attached hydrogen (secondary N) is 1. The molecule has 5 rings (SSSR count). The van der Waals surface area contributed by atoms with Crippen LogP contribution in [0, 0.1) is 5.82 Å². The number of aliphatic imine (C=N–C) groups is 1. The highest BCUT2D eigenvalue weighted by molar-refractivity contribution is 7.98. The lowest BCUT2D eigenvalue weighted by molar-refractivity contribution is 0.233. The monoisotopic (exact) mass is 582 g/mol.